The van der Waals surface area contributed by atoms with Gasteiger partial charge >= 0.3 is 0 Å². The minimum absolute atomic E-state index is 0.293. The van der Waals surface area contributed by atoms with Crippen molar-refractivity contribution in [2.24, 2.45) is 5.41 Å². The predicted octanol–water partition coefficient (Wildman–Crippen LogP) is 4.21. The smallest absolute Gasteiger partial charge is 0.0155 e. The molecular weight excluding hydrogens is 242 g/mol. The van der Waals surface area contributed by atoms with E-state index in [1.54, 1.807) is 0 Å². The molecule has 1 unspecified atom stereocenters. The van der Waals surface area contributed by atoms with Crippen molar-refractivity contribution in [3.63, 3.8) is 0 Å². The second-order valence-electron chi connectivity index (χ2n) is 6.19. The Labute approximate surface area is 122 Å². The molecule has 0 aliphatic carbocycles. The molecule has 3 rings (SSSR count). The summed E-state index contributed by atoms with van der Waals surface area (Å²) in [4.78, 5) is 0. The van der Waals surface area contributed by atoms with E-state index in [2.05, 4.69) is 72.9 Å². The number of hydrogen-bond acceptors (Lipinski definition) is 1. The number of nitrogens with one attached hydrogen (secondary N) is 1. The lowest BCUT2D eigenvalue weighted by Gasteiger charge is -2.42. The molecule has 1 heteroatoms. The largest absolute Gasteiger partial charge is 0.316 e. The molecule has 0 amide bonds. The van der Waals surface area contributed by atoms with Gasteiger partial charge in [0.1, 0.15) is 0 Å². The highest BCUT2D eigenvalue weighted by Gasteiger charge is 2.37. The summed E-state index contributed by atoms with van der Waals surface area (Å²) in [7, 11) is 0. The molecule has 104 valence electrons. The van der Waals surface area contributed by atoms with Crippen molar-refractivity contribution in [2.75, 3.05) is 13.1 Å². The van der Waals surface area contributed by atoms with Gasteiger partial charge < -0.3 is 5.32 Å². The van der Waals surface area contributed by atoms with Crippen LogP contribution in [0, 0.1) is 5.41 Å². The van der Waals surface area contributed by atoms with Crippen molar-refractivity contribution in [1.82, 2.24) is 5.32 Å². The minimum Gasteiger partial charge on any atom is -0.316 e. The zero-order chi connectivity index (χ0) is 13.8. The summed E-state index contributed by atoms with van der Waals surface area (Å²) in [6.45, 7) is 4.69. The monoisotopic (exact) mass is 265 g/mol. The third kappa shape index (κ3) is 2.64. The SMILES string of the molecule is CC1(C(c2ccccc2)c2ccccc2)CCCNC1. The lowest BCUT2D eigenvalue weighted by Crippen LogP contribution is -2.42. The van der Waals surface area contributed by atoms with Crippen LogP contribution in [0.2, 0.25) is 0 Å². The average Bonchev–Trinajstić information content (AvgIpc) is 2.50. The van der Waals surface area contributed by atoms with Crippen LogP contribution in [0.15, 0.2) is 60.7 Å². The van der Waals surface area contributed by atoms with Gasteiger partial charge in [-0.05, 0) is 35.9 Å². The molecule has 1 atom stereocenters. The molecule has 2 aromatic rings. The summed E-state index contributed by atoms with van der Waals surface area (Å²) in [5.74, 6) is 0.470. The summed E-state index contributed by atoms with van der Waals surface area (Å²) >= 11 is 0. The Kier molecular flexibility index (Phi) is 3.88. The maximum Gasteiger partial charge on any atom is 0.0155 e. The van der Waals surface area contributed by atoms with Gasteiger partial charge in [-0.2, -0.15) is 0 Å². The minimum atomic E-state index is 0.293. The third-order valence-corrected chi connectivity index (χ3v) is 4.59. The normalized spacial score (nSPS) is 22.9. The Morgan fingerprint density at radius 1 is 0.900 bits per heavy atom. The highest BCUT2D eigenvalue weighted by Crippen LogP contribution is 2.44. The first-order valence-corrected chi connectivity index (χ1v) is 7.60. The molecule has 0 bridgehead atoms. The van der Waals surface area contributed by atoms with Crippen LogP contribution in [0.25, 0.3) is 0 Å². The number of benzene rings is 2. The van der Waals surface area contributed by atoms with Gasteiger partial charge in [0.25, 0.3) is 0 Å². The summed E-state index contributed by atoms with van der Waals surface area (Å²) in [6.07, 6.45) is 2.56. The number of piperidine rings is 1. The second-order valence-corrected chi connectivity index (χ2v) is 6.19. The molecule has 1 heterocycles. The zero-order valence-corrected chi connectivity index (χ0v) is 12.2. The van der Waals surface area contributed by atoms with Crippen molar-refractivity contribution in [2.45, 2.75) is 25.7 Å². The zero-order valence-electron chi connectivity index (χ0n) is 12.2. The fraction of sp³-hybridized carbons (Fsp3) is 0.368. The average molecular weight is 265 g/mol. The molecule has 1 saturated heterocycles. The summed E-state index contributed by atoms with van der Waals surface area (Å²) < 4.78 is 0. The van der Waals surface area contributed by atoms with Gasteiger partial charge in [0.2, 0.25) is 0 Å². The topological polar surface area (TPSA) is 12.0 Å². The maximum absolute atomic E-state index is 3.60. The predicted molar refractivity (Wildman–Crippen MR) is 84.9 cm³/mol. The van der Waals surface area contributed by atoms with Crippen molar-refractivity contribution >= 4 is 0 Å². The van der Waals surface area contributed by atoms with Crippen LogP contribution < -0.4 is 5.32 Å². The second kappa shape index (κ2) is 5.80. The van der Waals surface area contributed by atoms with E-state index in [0.29, 0.717) is 11.3 Å². The van der Waals surface area contributed by atoms with Gasteiger partial charge in [-0.3, -0.25) is 0 Å². The summed E-state index contributed by atoms with van der Waals surface area (Å²) in [6, 6.07) is 21.9. The van der Waals surface area contributed by atoms with E-state index in [1.807, 2.05) is 0 Å². The van der Waals surface area contributed by atoms with Gasteiger partial charge in [-0.1, -0.05) is 67.6 Å². The molecule has 1 N–H and O–H groups in total. The van der Waals surface area contributed by atoms with Crippen LogP contribution in [0.3, 0.4) is 0 Å². The molecule has 0 radical (unpaired) electrons. The molecule has 20 heavy (non-hydrogen) atoms. The van der Waals surface area contributed by atoms with Crippen LogP contribution in [0.1, 0.15) is 36.8 Å². The molecule has 0 saturated carbocycles. The summed E-state index contributed by atoms with van der Waals surface area (Å²) in [5, 5.41) is 3.60. The van der Waals surface area contributed by atoms with E-state index in [9.17, 15) is 0 Å². The Bertz CT molecular complexity index is 487. The first-order chi connectivity index (χ1) is 9.80. The maximum atomic E-state index is 3.60. The fourth-order valence-electron chi connectivity index (χ4n) is 3.61. The molecule has 1 nitrogen and oxygen atoms in total. The van der Waals surface area contributed by atoms with Gasteiger partial charge in [0.15, 0.2) is 0 Å². The highest BCUT2D eigenvalue weighted by molar-refractivity contribution is 5.35. The first-order valence-electron chi connectivity index (χ1n) is 7.60. The fourth-order valence-corrected chi connectivity index (χ4v) is 3.61. The lowest BCUT2D eigenvalue weighted by molar-refractivity contribution is 0.206. The van der Waals surface area contributed by atoms with E-state index in [0.717, 1.165) is 13.1 Å². The molecule has 1 fully saturated rings. The number of rotatable bonds is 3. The van der Waals surface area contributed by atoms with E-state index in [4.69, 9.17) is 0 Å². The molecule has 1 aliphatic heterocycles. The molecule has 1 aliphatic rings. The van der Waals surface area contributed by atoms with Crippen LogP contribution >= 0.6 is 0 Å². The van der Waals surface area contributed by atoms with Crippen molar-refractivity contribution in [3.8, 4) is 0 Å². The van der Waals surface area contributed by atoms with Gasteiger partial charge in [-0.15, -0.1) is 0 Å². The van der Waals surface area contributed by atoms with Crippen LogP contribution in [0.5, 0.6) is 0 Å². The Balaban J connectivity index is 2.04. The van der Waals surface area contributed by atoms with E-state index in [1.165, 1.54) is 24.0 Å². The summed E-state index contributed by atoms with van der Waals surface area (Å²) in [5.41, 5.74) is 3.16. The quantitative estimate of drug-likeness (QED) is 0.876. The third-order valence-electron chi connectivity index (χ3n) is 4.59. The Morgan fingerprint density at radius 2 is 1.45 bits per heavy atom. The van der Waals surface area contributed by atoms with Crippen molar-refractivity contribution in [1.29, 1.82) is 0 Å². The van der Waals surface area contributed by atoms with Crippen LogP contribution in [-0.4, -0.2) is 13.1 Å². The standard InChI is InChI=1S/C19H23N/c1-19(13-8-14-20-15-19)18(16-9-4-2-5-10-16)17-11-6-3-7-12-17/h2-7,9-12,18,20H,8,13-15H2,1H3. The van der Waals surface area contributed by atoms with Gasteiger partial charge in [-0.25, -0.2) is 0 Å². The van der Waals surface area contributed by atoms with Crippen LogP contribution in [-0.2, 0) is 0 Å². The highest BCUT2D eigenvalue weighted by atomic mass is 14.9. The Hall–Kier alpha value is -1.60. The number of hydrogen-bond donors (Lipinski definition) is 1. The molecular formula is C19H23N. The van der Waals surface area contributed by atoms with E-state index < -0.39 is 0 Å². The Morgan fingerprint density at radius 3 is 1.90 bits per heavy atom. The van der Waals surface area contributed by atoms with E-state index >= 15 is 0 Å². The van der Waals surface area contributed by atoms with Crippen molar-refractivity contribution < 1.29 is 0 Å². The molecule has 0 spiro atoms. The van der Waals surface area contributed by atoms with Gasteiger partial charge in [0.05, 0.1) is 0 Å². The first kappa shape index (κ1) is 13.4. The molecule has 0 aromatic heterocycles. The van der Waals surface area contributed by atoms with Gasteiger partial charge in [0, 0.05) is 12.5 Å². The molecule has 2 aromatic carbocycles. The van der Waals surface area contributed by atoms with Crippen molar-refractivity contribution in [3.05, 3.63) is 71.8 Å². The van der Waals surface area contributed by atoms with E-state index in [-0.39, 0.29) is 0 Å². The van der Waals surface area contributed by atoms with Crippen LogP contribution in [0.4, 0.5) is 0 Å². The lowest BCUT2D eigenvalue weighted by atomic mass is 9.66.